The molecule has 5 amide bonds. The third kappa shape index (κ3) is 7.88. The number of hydrogen-bond donors (Lipinski definition) is 5. The summed E-state index contributed by atoms with van der Waals surface area (Å²) in [6.45, 7) is 11.4. The van der Waals surface area contributed by atoms with Crippen LogP contribution >= 0.6 is 0 Å². The highest BCUT2D eigenvalue weighted by Crippen LogP contribution is 2.58. The number of ether oxygens (including phenoxy) is 1. The molecule has 3 aromatic rings. The summed E-state index contributed by atoms with van der Waals surface area (Å²) in [4.78, 5) is 72.4. The number of methoxy groups -OCH3 is 1. The number of nitrogens with zero attached hydrogens (tertiary/aromatic N) is 4. The van der Waals surface area contributed by atoms with Crippen LogP contribution in [-0.2, 0) is 25.2 Å². The Hall–Kier alpha value is -4.88. The van der Waals surface area contributed by atoms with Crippen LogP contribution in [0.5, 0.6) is 0 Å². The summed E-state index contributed by atoms with van der Waals surface area (Å²) in [6, 6.07) is 7.08. The number of aromatic nitrogens is 4. The molecule has 4 heterocycles. The van der Waals surface area contributed by atoms with Crippen molar-refractivity contribution in [1.29, 1.82) is 0 Å². The van der Waals surface area contributed by atoms with Crippen molar-refractivity contribution in [3.63, 3.8) is 0 Å². The highest BCUT2D eigenvalue weighted by Gasteiger charge is 2.51. The molecule has 2 aromatic heterocycles. The fraction of sp³-hybridized carbons (Fsp3) is 0.628. The summed E-state index contributed by atoms with van der Waals surface area (Å²) in [5.41, 5.74) is 4.77. The molecule has 3 saturated carbocycles. The Morgan fingerprint density at radius 3 is 1.84 bits per heavy atom. The third-order valence-electron chi connectivity index (χ3n) is 13.5. The predicted molar refractivity (Wildman–Crippen MR) is 216 cm³/mol. The number of aromatic amines is 2. The number of likely N-dealkylation sites (tertiary alicyclic amines) is 2. The van der Waals surface area contributed by atoms with Gasteiger partial charge in [0.2, 0.25) is 11.8 Å². The van der Waals surface area contributed by atoms with Gasteiger partial charge >= 0.3 is 12.1 Å². The van der Waals surface area contributed by atoms with Gasteiger partial charge in [0.15, 0.2) is 0 Å². The van der Waals surface area contributed by atoms with Crippen LogP contribution < -0.4 is 16.0 Å². The number of H-pyrrole nitrogens is 2. The van der Waals surface area contributed by atoms with Crippen molar-refractivity contribution in [2.75, 3.05) is 26.7 Å². The van der Waals surface area contributed by atoms with Gasteiger partial charge in [-0.3, -0.25) is 9.59 Å². The van der Waals surface area contributed by atoms with E-state index in [1.807, 2.05) is 56.8 Å². The molecule has 14 nitrogen and oxygen atoms in total. The molecule has 0 spiro atoms. The van der Waals surface area contributed by atoms with Gasteiger partial charge in [-0.25, -0.2) is 19.6 Å². The fourth-order valence-electron chi connectivity index (χ4n) is 10.0. The lowest BCUT2D eigenvalue weighted by atomic mass is 9.51. The maximum absolute atomic E-state index is 13.7. The van der Waals surface area contributed by atoms with Crippen molar-refractivity contribution >= 4 is 23.9 Å². The Labute approximate surface area is 336 Å². The maximum atomic E-state index is 13.7. The average Bonchev–Trinajstić information content (AvgIpc) is 4.06. The Morgan fingerprint density at radius 1 is 0.772 bits per heavy atom. The second-order valence-corrected chi connectivity index (χ2v) is 17.5. The summed E-state index contributed by atoms with van der Waals surface area (Å²) in [7, 11) is 1.31. The molecule has 2 saturated heterocycles. The van der Waals surface area contributed by atoms with Crippen molar-refractivity contribution in [2.24, 2.45) is 11.8 Å². The largest absolute Gasteiger partial charge is 0.453 e. The number of nitrogens with one attached hydrogen (secondary N) is 5. The van der Waals surface area contributed by atoms with Gasteiger partial charge in [-0.2, -0.15) is 0 Å². The predicted octanol–water partition coefficient (Wildman–Crippen LogP) is 6.39. The summed E-state index contributed by atoms with van der Waals surface area (Å²) < 4.78 is 4.80. The molecular weight excluding hydrogens is 723 g/mol. The molecule has 308 valence electrons. The highest BCUT2D eigenvalue weighted by molar-refractivity contribution is 5.88. The van der Waals surface area contributed by atoms with Crippen LogP contribution in [-0.4, -0.2) is 92.5 Å². The van der Waals surface area contributed by atoms with E-state index in [0.717, 1.165) is 87.1 Å². The number of rotatable bonds is 12. The zero-order valence-corrected chi connectivity index (χ0v) is 34.5. The zero-order valence-electron chi connectivity index (χ0n) is 34.5. The number of imidazole rings is 2. The van der Waals surface area contributed by atoms with Crippen LogP contribution in [0.1, 0.15) is 134 Å². The maximum Gasteiger partial charge on any atom is 0.407 e. The van der Waals surface area contributed by atoms with Crippen LogP contribution in [0.3, 0.4) is 0 Å². The molecule has 2 bridgehead atoms. The van der Waals surface area contributed by atoms with Gasteiger partial charge in [0.25, 0.3) is 0 Å². The van der Waals surface area contributed by atoms with E-state index in [0.29, 0.717) is 19.6 Å². The molecule has 0 unspecified atom stereocenters. The number of hydrogen-bond acceptors (Lipinski definition) is 7. The molecule has 5 fully saturated rings. The molecule has 4 atom stereocenters. The molecule has 57 heavy (non-hydrogen) atoms. The van der Waals surface area contributed by atoms with Gasteiger partial charge in [0, 0.05) is 36.9 Å². The van der Waals surface area contributed by atoms with Gasteiger partial charge in [-0.05, 0) is 99.5 Å². The number of carbonyl (C=O) groups is 4. The Morgan fingerprint density at radius 2 is 1.30 bits per heavy atom. The zero-order chi connectivity index (χ0) is 40.5. The molecular formula is C43H61N9O5. The molecule has 0 radical (unpaired) electrons. The molecule has 2 aliphatic heterocycles. The fourth-order valence-corrected chi connectivity index (χ4v) is 10.0. The number of carbonyl (C=O) groups excluding carboxylic acids is 4. The van der Waals surface area contributed by atoms with Gasteiger partial charge in [-0.15, -0.1) is 0 Å². The van der Waals surface area contributed by atoms with Crippen LogP contribution in [0, 0.1) is 11.8 Å². The Balaban J connectivity index is 0.989. The molecule has 14 heteroatoms. The SMILES string of the molecule is CCNC(=O)N[C@H](C(=O)N1CCC[C@H]1c1ncc(-c2ccc(C34CCC(c5cnc([C@@H]6CCCN6C(=O)[C@@H](NC(=O)OC)C(C)C)[nH]5)(CC3)CC4)cc2)[nH]1)C(C)C. The van der Waals surface area contributed by atoms with Crippen molar-refractivity contribution in [1.82, 2.24) is 45.7 Å². The first-order chi connectivity index (χ1) is 27.4. The summed E-state index contributed by atoms with van der Waals surface area (Å²) in [5, 5.41) is 8.36. The monoisotopic (exact) mass is 783 g/mol. The van der Waals surface area contributed by atoms with Crippen molar-refractivity contribution < 1.29 is 23.9 Å². The van der Waals surface area contributed by atoms with Crippen molar-refractivity contribution in [3.05, 3.63) is 59.6 Å². The smallest absolute Gasteiger partial charge is 0.407 e. The van der Waals surface area contributed by atoms with E-state index in [9.17, 15) is 19.2 Å². The van der Waals surface area contributed by atoms with Gasteiger partial charge < -0.3 is 40.5 Å². The highest BCUT2D eigenvalue weighted by atomic mass is 16.5. The first-order valence-corrected chi connectivity index (χ1v) is 21.1. The van der Waals surface area contributed by atoms with Crippen LogP contribution in [0.2, 0.25) is 0 Å². The average molecular weight is 784 g/mol. The lowest BCUT2D eigenvalue weighted by molar-refractivity contribution is -0.136. The minimum Gasteiger partial charge on any atom is -0.453 e. The van der Waals surface area contributed by atoms with E-state index in [4.69, 9.17) is 14.7 Å². The first-order valence-electron chi connectivity index (χ1n) is 21.1. The molecule has 5 N–H and O–H groups in total. The summed E-state index contributed by atoms with van der Waals surface area (Å²) in [5.74, 6) is 1.32. The Kier molecular flexibility index (Phi) is 11.7. The summed E-state index contributed by atoms with van der Waals surface area (Å²) in [6.07, 6.45) is 13.3. The molecule has 1 aromatic carbocycles. The lowest BCUT2D eigenvalue weighted by Gasteiger charge is -2.53. The number of benzene rings is 1. The van der Waals surface area contributed by atoms with Crippen LogP contribution in [0.25, 0.3) is 11.3 Å². The number of fused-ring (bicyclic) bond motifs is 3. The van der Waals surface area contributed by atoms with E-state index in [-0.39, 0.29) is 52.6 Å². The molecule has 5 aliphatic rings. The van der Waals surface area contributed by atoms with E-state index < -0.39 is 18.2 Å². The Bertz CT molecular complexity index is 1890. The van der Waals surface area contributed by atoms with Gasteiger partial charge in [0.05, 0.1) is 31.1 Å². The van der Waals surface area contributed by atoms with Gasteiger partial charge in [0.1, 0.15) is 23.7 Å². The number of alkyl carbamates (subject to hydrolysis) is 1. The summed E-state index contributed by atoms with van der Waals surface area (Å²) >= 11 is 0. The van der Waals surface area contributed by atoms with Gasteiger partial charge in [-0.1, -0.05) is 52.0 Å². The third-order valence-corrected chi connectivity index (χ3v) is 13.5. The minimum atomic E-state index is -0.657. The second kappa shape index (κ2) is 16.5. The van der Waals surface area contributed by atoms with Crippen molar-refractivity contribution in [2.45, 2.75) is 134 Å². The minimum absolute atomic E-state index is 0.0518. The first kappa shape index (κ1) is 40.3. The van der Waals surface area contributed by atoms with Crippen molar-refractivity contribution in [3.8, 4) is 11.3 Å². The second-order valence-electron chi connectivity index (χ2n) is 17.5. The van der Waals surface area contributed by atoms with E-state index >= 15 is 0 Å². The topological polar surface area (TPSA) is 177 Å². The van der Waals surface area contributed by atoms with Crippen LogP contribution in [0.15, 0.2) is 36.7 Å². The number of urea groups is 1. The quantitative estimate of drug-likeness (QED) is 0.141. The van der Waals surface area contributed by atoms with E-state index in [1.165, 1.54) is 18.4 Å². The van der Waals surface area contributed by atoms with E-state index in [1.54, 1.807) is 0 Å². The van der Waals surface area contributed by atoms with E-state index in [2.05, 4.69) is 50.2 Å². The molecule has 8 rings (SSSR count). The van der Waals surface area contributed by atoms with Crippen LogP contribution in [0.4, 0.5) is 9.59 Å². The normalized spacial score (nSPS) is 25.5. The lowest BCUT2D eigenvalue weighted by Crippen LogP contribution is -2.53. The standard InChI is InChI=1S/C43H61N9O5/c1-7-44-40(55)49-34(26(2)3)38(53)51-22-8-10-31(51)36-45-24-30(47-36)28-12-14-29(15-13-28)42-16-19-43(20-17-42,21-18-42)33-25-46-37(48-33)32-11-9-23-52(32)39(54)35(27(4)5)50-41(56)57-6/h12-15,24-27,31-32,34-35H,7-11,16-23H2,1-6H3,(H,45,47)(H,46,48)(H,50,56)(H2,44,49,55)/t31-,32-,34-,35-,42?,43?/m0/s1. The molecule has 3 aliphatic carbocycles. The number of amides is 5.